The minimum atomic E-state index is -0.637. The molecule has 150 valence electrons. The Morgan fingerprint density at radius 3 is 2.62 bits per heavy atom. The van der Waals surface area contributed by atoms with E-state index in [4.69, 9.17) is 15.2 Å². The van der Waals surface area contributed by atoms with Crippen LogP contribution in [0.25, 0.3) is 0 Å². The van der Waals surface area contributed by atoms with Crippen LogP contribution in [0.5, 0.6) is 11.5 Å². The molecule has 29 heavy (non-hydrogen) atoms. The van der Waals surface area contributed by atoms with E-state index in [9.17, 15) is 14.4 Å². The molecule has 1 atom stereocenters. The lowest BCUT2D eigenvalue weighted by Gasteiger charge is -2.22. The van der Waals surface area contributed by atoms with Crippen molar-refractivity contribution in [2.24, 2.45) is 5.73 Å². The van der Waals surface area contributed by atoms with E-state index < -0.39 is 11.9 Å². The molecule has 0 aliphatic carbocycles. The number of carbonyl (C=O) groups excluding carboxylic acids is 3. The molecule has 0 saturated carbocycles. The van der Waals surface area contributed by atoms with Crippen LogP contribution in [-0.2, 0) is 4.79 Å². The maximum atomic E-state index is 12.5. The van der Waals surface area contributed by atoms with Crippen LogP contribution in [-0.4, -0.2) is 43.6 Å². The molecule has 4 rings (SSSR count). The van der Waals surface area contributed by atoms with E-state index in [2.05, 4.69) is 10.6 Å². The number of urea groups is 1. The summed E-state index contributed by atoms with van der Waals surface area (Å²) in [6.07, 6.45) is 0.166. The van der Waals surface area contributed by atoms with Crippen molar-refractivity contribution in [2.45, 2.75) is 12.5 Å². The van der Waals surface area contributed by atoms with Crippen molar-refractivity contribution in [3.05, 3.63) is 48.0 Å². The fourth-order valence-electron chi connectivity index (χ4n) is 3.40. The van der Waals surface area contributed by atoms with Gasteiger partial charge in [-0.2, -0.15) is 0 Å². The average Bonchev–Trinajstić information content (AvgIpc) is 3.07. The van der Waals surface area contributed by atoms with Gasteiger partial charge < -0.3 is 30.7 Å². The number of nitrogens with one attached hydrogen (secondary N) is 2. The van der Waals surface area contributed by atoms with Crippen molar-refractivity contribution in [3.63, 3.8) is 0 Å². The number of ether oxygens (including phenoxy) is 2. The number of para-hydroxylation sites is 1. The maximum absolute atomic E-state index is 12.5. The van der Waals surface area contributed by atoms with Crippen LogP contribution in [0, 0.1) is 0 Å². The number of benzene rings is 2. The SMILES string of the molecule is NC(=O)c1ccccc1NC(=O)N[C@@H]1CC(=O)N(c2ccc3c(c2)OCCO3)C1. The Bertz CT molecular complexity index is 977. The topological polar surface area (TPSA) is 123 Å². The lowest BCUT2D eigenvalue weighted by Crippen LogP contribution is -2.40. The van der Waals surface area contributed by atoms with Gasteiger partial charge in [0.25, 0.3) is 5.91 Å². The van der Waals surface area contributed by atoms with Crippen molar-refractivity contribution in [1.29, 1.82) is 0 Å². The Labute approximate surface area is 166 Å². The van der Waals surface area contributed by atoms with Gasteiger partial charge in [0.05, 0.1) is 17.3 Å². The molecule has 0 aromatic heterocycles. The molecule has 2 aliphatic rings. The Kier molecular flexibility index (Phi) is 4.94. The van der Waals surface area contributed by atoms with E-state index in [1.807, 2.05) is 0 Å². The van der Waals surface area contributed by atoms with Crippen molar-refractivity contribution in [1.82, 2.24) is 5.32 Å². The molecule has 2 heterocycles. The van der Waals surface area contributed by atoms with E-state index in [1.165, 1.54) is 6.07 Å². The smallest absolute Gasteiger partial charge is 0.319 e. The molecule has 2 aromatic rings. The summed E-state index contributed by atoms with van der Waals surface area (Å²) < 4.78 is 11.1. The number of primary amides is 1. The molecular weight excluding hydrogens is 376 g/mol. The number of hydrogen-bond donors (Lipinski definition) is 3. The Hall–Kier alpha value is -3.75. The summed E-state index contributed by atoms with van der Waals surface area (Å²) in [7, 11) is 0. The quantitative estimate of drug-likeness (QED) is 0.722. The average molecular weight is 396 g/mol. The van der Waals surface area contributed by atoms with Gasteiger partial charge in [-0.1, -0.05) is 12.1 Å². The predicted molar refractivity (Wildman–Crippen MR) is 105 cm³/mol. The fourth-order valence-corrected chi connectivity index (χ4v) is 3.40. The lowest BCUT2D eigenvalue weighted by molar-refractivity contribution is -0.117. The second-order valence-corrected chi connectivity index (χ2v) is 6.74. The number of amides is 4. The van der Waals surface area contributed by atoms with Crippen LogP contribution in [0.4, 0.5) is 16.2 Å². The molecule has 1 fully saturated rings. The third-order valence-corrected chi connectivity index (χ3v) is 4.74. The zero-order valence-corrected chi connectivity index (χ0v) is 15.5. The molecular formula is C20H20N4O5. The predicted octanol–water partition coefficient (Wildman–Crippen LogP) is 1.48. The highest BCUT2D eigenvalue weighted by molar-refractivity contribution is 6.03. The molecule has 4 amide bonds. The van der Waals surface area contributed by atoms with Crippen molar-refractivity contribution in [2.75, 3.05) is 30.0 Å². The van der Waals surface area contributed by atoms with Gasteiger partial charge in [0.2, 0.25) is 5.91 Å². The van der Waals surface area contributed by atoms with Crippen LogP contribution in [0.15, 0.2) is 42.5 Å². The minimum absolute atomic E-state index is 0.107. The van der Waals surface area contributed by atoms with E-state index in [0.717, 1.165) is 0 Å². The van der Waals surface area contributed by atoms with Gasteiger partial charge in [-0.3, -0.25) is 9.59 Å². The summed E-state index contributed by atoms with van der Waals surface area (Å²) in [6, 6.07) is 10.9. The van der Waals surface area contributed by atoms with Crippen molar-refractivity contribution < 1.29 is 23.9 Å². The van der Waals surface area contributed by atoms with E-state index in [-0.39, 0.29) is 23.9 Å². The molecule has 2 aromatic carbocycles. The third kappa shape index (κ3) is 3.93. The van der Waals surface area contributed by atoms with Crippen molar-refractivity contribution in [3.8, 4) is 11.5 Å². The first-order chi connectivity index (χ1) is 14.0. The number of anilines is 2. The fraction of sp³-hybridized carbons (Fsp3) is 0.250. The molecule has 0 bridgehead atoms. The van der Waals surface area contributed by atoms with Crippen LogP contribution < -0.4 is 30.7 Å². The van der Waals surface area contributed by atoms with Crippen LogP contribution >= 0.6 is 0 Å². The van der Waals surface area contributed by atoms with Crippen LogP contribution in [0.3, 0.4) is 0 Å². The molecule has 4 N–H and O–H groups in total. The summed E-state index contributed by atoms with van der Waals surface area (Å²) >= 11 is 0. The Morgan fingerprint density at radius 2 is 1.83 bits per heavy atom. The van der Waals surface area contributed by atoms with Gasteiger partial charge in [0, 0.05) is 24.7 Å². The highest BCUT2D eigenvalue weighted by atomic mass is 16.6. The van der Waals surface area contributed by atoms with E-state index >= 15 is 0 Å². The normalized spacial score (nSPS) is 17.7. The first kappa shape index (κ1) is 18.6. The zero-order valence-electron chi connectivity index (χ0n) is 15.5. The maximum Gasteiger partial charge on any atom is 0.319 e. The van der Waals surface area contributed by atoms with Crippen LogP contribution in [0.2, 0.25) is 0 Å². The number of fused-ring (bicyclic) bond motifs is 1. The Balaban J connectivity index is 1.41. The largest absolute Gasteiger partial charge is 0.486 e. The molecule has 0 radical (unpaired) electrons. The number of carbonyl (C=O) groups is 3. The highest BCUT2D eigenvalue weighted by Gasteiger charge is 2.32. The first-order valence-corrected chi connectivity index (χ1v) is 9.17. The van der Waals surface area contributed by atoms with Gasteiger partial charge in [0.15, 0.2) is 11.5 Å². The summed E-state index contributed by atoms with van der Waals surface area (Å²) in [5.74, 6) is 0.499. The zero-order chi connectivity index (χ0) is 20.4. The van der Waals surface area contributed by atoms with Gasteiger partial charge in [-0.15, -0.1) is 0 Å². The standard InChI is InChI=1S/C20H20N4O5/c21-19(26)14-3-1-2-4-15(14)23-20(27)22-12-9-18(25)24(11-12)13-5-6-16-17(10-13)29-8-7-28-16/h1-6,10,12H,7-9,11H2,(H2,21,26)(H2,22,23,27)/t12-/m1/s1. The van der Waals surface area contributed by atoms with Gasteiger partial charge in [-0.25, -0.2) is 4.79 Å². The molecule has 2 aliphatic heterocycles. The van der Waals surface area contributed by atoms with Gasteiger partial charge >= 0.3 is 6.03 Å². The minimum Gasteiger partial charge on any atom is -0.486 e. The molecule has 0 spiro atoms. The van der Waals surface area contributed by atoms with Gasteiger partial charge in [-0.05, 0) is 24.3 Å². The lowest BCUT2D eigenvalue weighted by atomic mass is 10.1. The Morgan fingerprint density at radius 1 is 1.07 bits per heavy atom. The number of nitrogens with zero attached hydrogens (tertiary/aromatic N) is 1. The molecule has 9 nitrogen and oxygen atoms in total. The van der Waals surface area contributed by atoms with E-state index in [0.29, 0.717) is 42.6 Å². The number of nitrogens with two attached hydrogens (primary N) is 1. The van der Waals surface area contributed by atoms with Crippen molar-refractivity contribution >= 4 is 29.2 Å². The second-order valence-electron chi connectivity index (χ2n) is 6.74. The van der Waals surface area contributed by atoms with Gasteiger partial charge in [0.1, 0.15) is 13.2 Å². The molecule has 0 unspecified atom stereocenters. The van der Waals surface area contributed by atoms with E-state index in [1.54, 1.807) is 41.3 Å². The second kappa shape index (κ2) is 7.70. The highest BCUT2D eigenvalue weighted by Crippen LogP contribution is 2.35. The first-order valence-electron chi connectivity index (χ1n) is 9.17. The molecule has 1 saturated heterocycles. The summed E-state index contributed by atoms with van der Waals surface area (Å²) in [4.78, 5) is 37.9. The summed E-state index contributed by atoms with van der Waals surface area (Å²) in [6.45, 7) is 1.28. The summed E-state index contributed by atoms with van der Waals surface area (Å²) in [5.41, 5.74) is 6.53. The monoisotopic (exact) mass is 396 g/mol. The number of rotatable bonds is 4. The summed E-state index contributed by atoms with van der Waals surface area (Å²) in [5, 5.41) is 5.38. The van der Waals surface area contributed by atoms with Crippen LogP contribution in [0.1, 0.15) is 16.8 Å². The molecule has 9 heteroatoms. The number of hydrogen-bond acceptors (Lipinski definition) is 5. The third-order valence-electron chi connectivity index (χ3n) is 4.74.